The van der Waals surface area contributed by atoms with Gasteiger partial charge in [0, 0.05) is 13.0 Å². The molecule has 0 aliphatic rings. The lowest BCUT2D eigenvalue weighted by atomic mass is 10.2. The highest BCUT2D eigenvalue weighted by Crippen LogP contribution is 2.37. The van der Waals surface area contributed by atoms with Crippen LogP contribution in [0.3, 0.4) is 0 Å². The van der Waals surface area contributed by atoms with Gasteiger partial charge in [0.25, 0.3) is 0 Å². The Hall–Kier alpha value is -1.17. The van der Waals surface area contributed by atoms with Gasteiger partial charge < -0.3 is 14.8 Å². The predicted molar refractivity (Wildman–Crippen MR) is 95.2 cm³/mol. The van der Waals surface area contributed by atoms with Crippen LogP contribution in [0.15, 0.2) is 12.1 Å². The summed E-state index contributed by atoms with van der Waals surface area (Å²) in [5.74, 6) is -0.268. The minimum absolute atomic E-state index is 0.101. The van der Waals surface area contributed by atoms with Gasteiger partial charge in [0.1, 0.15) is 10.6 Å². The van der Waals surface area contributed by atoms with E-state index in [9.17, 15) is 9.59 Å². The number of esters is 1. The van der Waals surface area contributed by atoms with Gasteiger partial charge >= 0.3 is 12.1 Å². The molecule has 0 saturated heterocycles. The second kappa shape index (κ2) is 9.35. The zero-order chi connectivity index (χ0) is 18.3. The number of hydrogen-bond acceptors (Lipinski definition) is 4. The van der Waals surface area contributed by atoms with Crippen LogP contribution in [0, 0.1) is 0 Å². The maximum absolute atomic E-state index is 11.8. The van der Waals surface area contributed by atoms with Crippen LogP contribution in [0.2, 0.25) is 15.1 Å². The standard InChI is InChI=1S/C16H20Cl3NO4/c1-16(2,3)24-15(22)20-9-5-4-6-12(21)23-11-8-7-10(17)13(18)14(11)19/h7-8H,4-6,9H2,1-3H3,(H,20,22). The Labute approximate surface area is 156 Å². The Bertz CT molecular complexity index is 600. The number of nitrogens with one attached hydrogen (secondary N) is 1. The second-order valence-electron chi connectivity index (χ2n) is 6.03. The van der Waals surface area contributed by atoms with Crippen molar-refractivity contribution in [1.29, 1.82) is 0 Å². The molecule has 0 saturated carbocycles. The van der Waals surface area contributed by atoms with Gasteiger partial charge in [0.05, 0.1) is 10.0 Å². The summed E-state index contributed by atoms with van der Waals surface area (Å²) in [6.07, 6.45) is 0.872. The summed E-state index contributed by atoms with van der Waals surface area (Å²) in [6, 6.07) is 2.99. The fourth-order valence-corrected chi connectivity index (χ4v) is 2.22. The lowest BCUT2D eigenvalue weighted by Crippen LogP contribution is -2.33. The van der Waals surface area contributed by atoms with Crippen molar-refractivity contribution in [3.05, 3.63) is 27.2 Å². The van der Waals surface area contributed by atoms with Crippen LogP contribution < -0.4 is 10.1 Å². The third-order valence-corrected chi connectivity index (χ3v) is 3.98. The van der Waals surface area contributed by atoms with E-state index in [2.05, 4.69) is 5.32 Å². The number of amides is 1. The summed E-state index contributed by atoms with van der Waals surface area (Å²) in [4.78, 5) is 23.2. The molecule has 5 nitrogen and oxygen atoms in total. The average molecular weight is 397 g/mol. The van der Waals surface area contributed by atoms with Crippen molar-refractivity contribution in [2.24, 2.45) is 0 Å². The van der Waals surface area contributed by atoms with Gasteiger partial charge in [-0.05, 0) is 45.7 Å². The van der Waals surface area contributed by atoms with E-state index < -0.39 is 17.7 Å². The molecule has 134 valence electrons. The van der Waals surface area contributed by atoms with Crippen LogP contribution in [0.1, 0.15) is 40.0 Å². The third kappa shape index (κ3) is 7.60. The normalized spacial score (nSPS) is 11.1. The van der Waals surface area contributed by atoms with Crippen molar-refractivity contribution >= 4 is 46.9 Å². The number of hydrogen-bond donors (Lipinski definition) is 1. The first-order valence-electron chi connectivity index (χ1n) is 7.41. The molecular formula is C16H20Cl3NO4. The number of rotatable bonds is 6. The van der Waals surface area contributed by atoms with E-state index in [1.807, 2.05) is 0 Å². The summed E-state index contributed by atoms with van der Waals surface area (Å²) < 4.78 is 10.2. The van der Waals surface area contributed by atoms with Crippen LogP contribution >= 0.6 is 34.8 Å². The lowest BCUT2D eigenvalue weighted by Gasteiger charge is -2.19. The molecule has 0 aliphatic heterocycles. The zero-order valence-corrected chi connectivity index (χ0v) is 16.0. The van der Waals surface area contributed by atoms with E-state index in [-0.39, 0.29) is 27.2 Å². The molecule has 1 aromatic rings. The Morgan fingerprint density at radius 2 is 1.75 bits per heavy atom. The highest BCUT2D eigenvalue weighted by molar-refractivity contribution is 6.48. The number of carbonyl (C=O) groups excluding carboxylic acids is 2. The van der Waals surface area contributed by atoms with Gasteiger partial charge in [-0.25, -0.2) is 4.79 Å². The molecule has 0 heterocycles. The van der Waals surface area contributed by atoms with Crippen LogP contribution in [-0.4, -0.2) is 24.2 Å². The van der Waals surface area contributed by atoms with E-state index >= 15 is 0 Å². The van der Waals surface area contributed by atoms with Crippen molar-refractivity contribution in [3.8, 4) is 5.75 Å². The second-order valence-corrected chi connectivity index (χ2v) is 7.20. The Morgan fingerprint density at radius 1 is 1.08 bits per heavy atom. The van der Waals surface area contributed by atoms with Gasteiger partial charge in [-0.1, -0.05) is 34.8 Å². The minimum atomic E-state index is -0.535. The van der Waals surface area contributed by atoms with E-state index in [0.717, 1.165) is 0 Å². The monoisotopic (exact) mass is 395 g/mol. The van der Waals surface area contributed by atoms with Crippen molar-refractivity contribution in [2.45, 2.75) is 45.6 Å². The molecule has 0 unspecified atom stereocenters. The van der Waals surface area contributed by atoms with Crippen molar-refractivity contribution in [1.82, 2.24) is 5.32 Å². The Kier molecular flexibility index (Phi) is 8.13. The largest absolute Gasteiger partial charge is 0.444 e. The molecular weight excluding hydrogens is 377 g/mol. The van der Waals surface area contributed by atoms with E-state index in [0.29, 0.717) is 19.4 Å². The van der Waals surface area contributed by atoms with E-state index in [4.69, 9.17) is 44.3 Å². The molecule has 1 amide bonds. The Balaban J connectivity index is 2.28. The molecule has 0 aromatic heterocycles. The summed E-state index contributed by atoms with van der Waals surface area (Å²) in [7, 11) is 0. The summed E-state index contributed by atoms with van der Waals surface area (Å²) in [5, 5.41) is 3.15. The van der Waals surface area contributed by atoms with E-state index in [1.54, 1.807) is 20.8 Å². The number of halogens is 3. The molecule has 0 atom stereocenters. The highest BCUT2D eigenvalue weighted by atomic mass is 35.5. The highest BCUT2D eigenvalue weighted by Gasteiger charge is 2.16. The fraction of sp³-hybridized carbons (Fsp3) is 0.500. The molecule has 1 aromatic carbocycles. The topological polar surface area (TPSA) is 64.6 Å². The van der Waals surface area contributed by atoms with Crippen LogP contribution in [0.5, 0.6) is 5.75 Å². The number of carbonyl (C=O) groups is 2. The van der Waals surface area contributed by atoms with Crippen LogP contribution in [0.25, 0.3) is 0 Å². The van der Waals surface area contributed by atoms with Crippen molar-refractivity contribution in [2.75, 3.05) is 6.54 Å². The fourth-order valence-electron chi connectivity index (χ4n) is 1.66. The molecule has 0 radical (unpaired) electrons. The van der Waals surface area contributed by atoms with Crippen LogP contribution in [-0.2, 0) is 9.53 Å². The predicted octanol–water partition coefficient (Wildman–Crippen LogP) is 5.25. The van der Waals surface area contributed by atoms with E-state index in [1.165, 1.54) is 12.1 Å². The maximum Gasteiger partial charge on any atom is 0.407 e. The van der Waals surface area contributed by atoms with Crippen molar-refractivity contribution < 1.29 is 19.1 Å². The van der Waals surface area contributed by atoms with Gasteiger partial charge in [-0.2, -0.15) is 0 Å². The SMILES string of the molecule is CC(C)(C)OC(=O)NCCCCC(=O)Oc1ccc(Cl)c(Cl)c1Cl. The van der Waals surface area contributed by atoms with Crippen molar-refractivity contribution in [3.63, 3.8) is 0 Å². The summed E-state index contributed by atoms with van der Waals surface area (Å²) >= 11 is 17.6. The Morgan fingerprint density at radius 3 is 2.38 bits per heavy atom. The number of unbranched alkanes of at least 4 members (excludes halogenated alkanes) is 1. The molecule has 0 bridgehead atoms. The molecule has 0 fully saturated rings. The molecule has 0 spiro atoms. The van der Waals surface area contributed by atoms with Gasteiger partial charge in [0.15, 0.2) is 5.75 Å². The van der Waals surface area contributed by atoms with Gasteiger partial charge in [0.2, 0.25) is 0 Å². The smallest absolute Gasteiger partial charge is 0.407 e. The summed E-state index contributed by atoms with van der Waals surface area (Å²) in [6.45, 7) is 5.78. The zero-order valence-electron chi connectivity index (χ0n) is 13.8. The van der Waals surface area contributed by atoms with Crippen LogP contribution in [0.4, 0.5) is 4.79 Å². The third-order valence-electron chi connectivity index (χ3n) is 2.70. The van der Waals surface area contributed by atoms with Gasteiger partial charge in [-0.3, -0.25) is 4.79 Å². The molecule has 1 rings (SSSR count). The first-order chi connectivity index (χ1) is 11.1. The molecule has 1 N–H and O–H groups in total. The summed E-state index contributed by atoms with van der Waals surface area (Å²) in [5.41, 5.74) is -0.535. The average Bonchev–Trinajstić information content (AvgIpc) is 2.46. The lowest BCUT2D eigenvalue weighted by molar-refractivity contribution is -0.134. The van der Waals surface area contributed by atoms with Gasteiger partial charge in [-0.15, -0.1) is 0 Å². The first-order valence-corrected chi connectivity index (χ1v) is 8.54. The molecule has 8 heteroatoms. The quantitative estimate of drug-likeness (QED) is 0.309. The number of alkyl carbamates (subject to hydrolysis) is 1. The first kappa shape index (κ1) is 20.9. The number of benzene rings is 1. The molecule has 24 heavy (non-hydrogen) atoms. The minimum Gasteiger partial charge on any atom is -0.444 e. The molecule has 0 aliphatic carbocycles. The number of ether oxygens (including phenoxy) is 2. The maximum atomic E-state index is 11.8.